The van der Waals surface area contributed by atoms with Gasteiger partial charge in [0.25, 0.3) is 0 Å². The van der Waals surface area contributed by atoms with Crippen molar-refractivity contribution in [1.29, 1.82) is 0 Å². The van der Waals surface area contributed by atoms with Crippen LogP contribution in [0.5, 0.6) is 0 Å². The second-order valence-electron chi connectivity index (χ2n) is 3.78. The summed E-state index contributed by atoms with van der Waals surface area (Å²) in [6.45, 7) is 5.86. The number of hydrogen-bond donors (Lipinski definition) is 1. The first kappa shape index (κ1) is 9.94. The first-order chi connectivity index (χ1) is 7.24. The van der Waals surface area contributed by atoms with E-state index in [9.17, 15) is 0 Å². The van der Waals surface area contributed by atoms with Gasteiger partial charge < -0.3 is 5.73 Å². The van der Waals surface area contributed by atoms with E-state index >= 15 is 0 Å². The van der Waals surface area contributed by atoms with Crippen molar-refractivity contribution in [3.8, 4) is 0 Å². The van der Waals surface area contributed by atoms with Gasteiger partial charge >= 0.3 is 0 Å². The van der Waals surface area contributed by atoms with E-state index in [4.69, 9.17) is 5.73 Å². The maximum Gasteiger partial charge on any atom is 0.0484 e. The van der Waals surface area contributed by atoms with Crippen molar-refractivity contribution in [2.75, 3.05) is 0 Å². The molecule has 2 aromatic rings. The highest BCUT2D eigenvalue weighted by Crippen LogP contribution is 2.26. The van der Waals surface area contributed by atoms with Crippen molar-refractivity contribution in [2.45, 2.75) is 13.0 Å². The standard InChI is InChI=1S/C14H15N/c1-3-14(15)13-9-8-10(2)11-6-4-5-7-12(11)13/h3-9,14H,1,15H2,2H3/t14-/m0/s1. The van der Waals surface area contributed by atoms with Gasteiger partial charge in [0.2, 0.25) is 0 Å². The molecule has 0 aliphatic heterocycles. The summed E-state index contributed by atoms with van der Waals surface area (Å²) < 4.78 is 0. The molecule has 15 heavy (non-hydrogen) atoms. The van der Waals surface area contributed by atoms with E-state index in [2.05, 4.69) is 43.8 Å². The Morgan fingerprint density at radius 3 is 2.47 bits per heavy atom. The number of nitrogens with two attached hydrogens (primary N) is 1. The van der Waals surface area contributed by atoms with Crippen LogP contribution in [0.2, 0.25) is 0 Å². The van der Waals surface area contributed by atoms with Crippen molar-refractivity contribution < 1.29 is 0 Å². The smallest absolute Gasteiger partial charge is 0.0484 e. The monoisotopic (exact) mass is 197 g/mol. The summed E-state index contributed by atoms with van der Waals surface area (Å²) in [4.78, 5) is 0. The van der Waals surface area contributed by atoms with Gasteiger partial charge in [0.1, 0.15) is 0 Å². The Kier molecular flexibility index (Phi) is 2.57. The molecule has 76 valence electrons. The van der Waals surface area contributed by atoms with Gasteiger partial charge in [-0.15, -0.1) is 6.58 Å². The summed E-state index contributed by atoms with van der Waals surface area (Å²) in [5, 5.41) is 2.50. The zero-order valence-corrected chi connectivity index (χ0v) is 8.90. The third-order valence-electron chi connectivity index (χ3n) is 2.79. The molecule has 0 spiro atoms. The molecule has 0 unspecified atom stereocenters. The summed E-state index contributed by atoms with van der Waals surface area (Å²) >= 11 is 0. The van der Waals surface area contributed by atoms with Crippen LogP contribution in [-0.4, -0.2) is 0 Å². The molecule has 2 rings (SSSR count). The van der Waals surface area contributed by atoms with E-state index in [1.54, 1.807) is 6.08 Å². The highest BCUT2D eigenvalue weighted by molar-refractivity contribution is 5.89. The molecule has 2 N–H and O–H groups in total. The van der Waals surface area contributed by atoms with Crippen LogP contribution in [0.4, 0.5) is 0 Å². The Bertz CT molecular complexity index is 500. The van der Waals surface area contributed by atoms with Gasteiger partial charge in [0.05, 0.1) is 0 Å². The van der Waals surface area contributed by atoms with Crippen molar-refractivity contribution in [2.24, 2.45) is 5.73 Å². The first-order valence-electron chi connectivity index (χ1n) is 5.10. The van der Waals surface area contributed by atoms with Gasteiger partial charge in [0.15, 0.2) is 0 Å². The highest BCUT2D eigenvalue weighted by atomic mass is 14.6. The molecule has 0 bridgehead atoms. The van der Waals surface area contributed by atoms with E-state index in [1.807, 2.05) is 6.07 Å². The van der Waals surface area contributed by atoms with Gasteiger partial charge in [0, 0.05) is 6.04 Å². The third-order valence-corrected chi connectivity index (χ3v) is 2.79. The molecule has 0 saturated carbocycles. The van der Waals surface area contributed by atoms with Crippen LogP contribution in [0.15, 0.2) is 49.1 Å². The molecule has 0 aliphatic carbocycles. The van der Waals surface area contributed by atoms with Crippen LogP contribution >= 0.6 is 0 Å². The van der Waals surface area contributed by atoms with Gasteiger partial charge in [-0.2, -0.15) is 0 Å². The number of aryl methyl sites for hydroxylation is 1. The quantitative estimate of drug-likeness (QED) is 0.734. The largest absolute Gasteiger partial charge is 0.321 e. The minimum absolute atomic E-state index is 0.0875. The Hall–Kier alpha value is -1.60. The second kappa shape index (κ2) is 3.87. The lowest BCUT2D eigenvalue weighted by Gasteiger charge is -2.12. The number of fused-ring (bicyclic) bond motifs is 1. The lowest BCUT2D eigenvalue weighted by Crippen LogP contribution is -2.07. The van der Waals surface area contributed by atoms with Gasteiger partial charge in [-0.1, -0.05) is 42.5 Å². The average Bonchev–Trinajstić information content (AvgIpc) is 2.29. The van der Waals surface area contributed by atoms with Crippen molar-refractivity contribution in [3.63, 3.8) is 0 Å². The molecule has 0 radical (unpaired) electrons. The fourth-order valence-electron chi connectivity index (χ4n) is 1.89. The molecule has 1 atom stereocenters. The van der Waals surface area contributed by atoms with Crippen molar-refractivity contribution in [1.82, 2.24) is 0 Å². The highest BCUT2D eigenvalue weighted by Gasteiger charge is 2.07. The van der Waals surface area contributed by atoms with Crippen LogP contribution in [0.3, 0.4) is 0 Å². The molecule has 2 aromatic carbocycles. The van der Waals surface area contributed by atoms with Crippen molar-refractivity contribution >= 4 is 10.8 Å². The van der Waals surface area contributed by atoms with Crippen LogP contribution in [-0.2, 0) is 0 Å². The maximum absolute atomic E-state index is 5.99. The Morgan fingerprint density at radius 2 is 1.80 bits per heavy atom. The molecule has 0 saturated heterocycles. The fraction of sp³-hybridized carbons (Fsp3) is 0.143. The normalized spacial score (nSPS) is 12.7. The lowest BCUT2D eigenvalue weighted by molar-refractivity contribution is 0.925. The van der Waals surface area contributed by atoms with E-state index in [-0.39, 0.29) is 6.04 Å². The molecular formula is C14H15N. The van der Waals surface area contributed by atoms with Crippen LogP contribution < -0.4 is 5.73 Å². The predicted molar refractivity (Wildman–Crippen MR) is 65.8 cm³/mol. The summed E-state index contributed by atoms with van der Waals surface area (Å²) in [7, 11) is 0. The average molecular weight is 197 g/mol. The van der Waals surface area contributed by atoms with Gasteiger partial charge in [-0.25, -0.2) is 0 Å². The SMILES string of the molecule is C=C[C@H](N)c1ccc(C)c2ccccc12. The number of rotatable bonds is 2. The lowest BCUT2D eigenvalue weighted by atomic mass is 9.96. The number of benzene rings is 2. The summed E-state index contributed by atoms with van der Waals surface area (Å²) in [6.07, 6.45) is 1.77. The van der Waals surface area contributed by atoms with E-state index in [0.717, 1.165) is 5.56 Å². The van der Waals surface area contributed by atoms with Crippen LogP contribution in [0.25, 0.3) is 10.8 Å². The second-order valence-corrected chi connectivity index (χ2v) is 3.78. The maximum atomic E-state index is 5.99. The summed E-state index contributed by atoms with van der Waals surface area (Å²) in [5.74, 6) is 0. The zero-order chi connectivity index (χ0) is 10.8. The van der Waals surface area contributed by atoms with Crippen LogP contribution in [0, 0.1) is 6.92 Å². The molecule has 0 heterocycles. The Labute approximate surface area is 90.2 Å². The molecule has 0 amide bonds. The third kappa shape index (κ3) is 1.66. The van der Waals surface area contributed by atoms with Crippen molar-refractivity contribution in [3.05, 3.63) is 60.2 Å². The fourth-order valence-corrected chi connectivity index (χ4v) is 1.89. The summed E-state index contributed by atoms with van der Waals surface area (Å²) in [6, 6.07) is 12.4. The zero-order valence-electron chi connectivity index (χ0n) is 8.90. The minimum Gasteiger partial charge on any atom is -0.321 e. The van der Waals surface area contributed by atoms with Gasteiger partial charge in [-0.3, -0.25) is 0 Å². The molecule has 1 heteroatoms. The molecule has 0 fully saturated rings. The van der Waals surface area contributed by atoms with Gasteiger partial charge in [-0.05, 0) is 28.8 Å². The molecule has 1 nitrogen and oxygen atoms in total. The molecular weight excluding hydrogens is 182 g/mol. The number of hydrogen-bond acceptors (Lipinski definition) is 1. The Morgan fingerprint density at radius 1 is 1.13 bits per heavy atom. The van der Waals surface area contributed by atoms with E-state index in [0.29, 0.717) is 0 Å². The topological polar surface area (TPSA) is 26.0 Å². The Balaban J connectivity index is 2.77. The van der Waals surface area contributed by atoms with Crippen LogP contribution in [0.1, 0.15) is 17.2 Å². The minimum atomic E-state index is -0.0875. The first-order valence-corrected chi connectivity index (χ1v) is 5.10. The van der Waals surface area contributed by atoms with E-state index in [1.165, 1.54) is 16.3 Å². The summed E-state index contributed by atoms with van der Waals surface area (Å²) in [5.41, 5.74) is 8.42. The van der Waals surface area contributed by atoms with E-state index < -0.39 is 0 Å². The molecule has 0 aromatic heterocycles. The predicted octanol–water partition coefficient (Wildman–Crippen LogP) is 3.33. The molecule has 0 aliphatic rings.